The predicted octanol–water partition coefficient (Wildman–Crippen LogP) is 1.36. The summed E-state index contributed by atoms with van der Waals surface area (Å²) in [6.07, 6.45) is 0. The van der Waals surface area contributed by atoms with Gasteiger partial charge in [-0.2, -0.15) is 0 Å². The van der Waals surface area contributed by atoms with Crippen LogP contribution in [0.5, 0.6) is 0 Å². The zero-order valence-corrected chi connectivity index (χ0v) is 11.0. The normalized spacial score (nSPS) is 12.3. The van der Waals surface area contributed by atoms with E-state index in [-0.39, 0.29) is 22.4 Å². The molecule has 18 heavy (non-hydrogen) atoms. The molecule has 98 valence electrons. The molecule has 0 bridgehead atoms. The van der Waals surface area contributed by atoms with Crippen molar-refractivity contribution in [3.8, 4) is 0 Å². The number of hydrogen-bond donors (Lipinski definition) is 3. The number of nitrogens with two attached hydrogens (primary N) is 2. The van der Waals surface area contributed by atoms with Gasteiger partial charge in [-0.15, -0.1) is 0 Å². The predicted molar refractivity (Wildman–Crippen MR) is 71.4 cm³/mol. The molecule has 1 unspecified atom stereocenters. The molecule has 1 aromatic rings. The van der Waals surface area contributed by atoms with Crippen LogP contribution < -0.4 is 16.8 Å². The summed E-state index contributed by atoms with van der Waals surface area (Å²) in [6, 6.07) is 3.88. The van der Waals surface area contributed by atoms with Crippen molar-refractivity contribution in [1.29, 1.82) is 0 Å². The summed E-state index contributed by atoms with van der Waals surface area (Å²) in [4.78, 5) is 22.7. The van der Waals surface area contributed by atoms with Crippen LogP contribution in [0.15, 0.2) is 18.2 Å². The Labute approximate surface area is 110 Å². The van der Waals surface area contributed by atoms with Gasteiger partial charge in [0.05, 0.1) is 16.6 Å². The fourth-order valence-electron chi connectivity index (χ4n) is 1.32. The summed E-state index contributed by atoms with van der Waals surface area (Å²) in [5, 5.41) is 2.82. The number of carbonyl (C=O) groups excluding carboxylic acids is 2. The van der Waals surface area contributed by atoms with Crippen LogP contribution in [0.25, 0.3) is 0 Å². The third-order valence-electron chi connectivity index (χ3n) is 2.52. The molecule has 1 atom stereocenters. The third-order valence-corrected chi connectivity index (χ3v) is 2.84. The molecule has 0 aliphatic rings. The number of nitrogens with one attached hydrogen (secondary N) is 1. The van der Waals surface area contributed by atoms with Gasteiger partial charge in [-0.3, -0.25) is 9.59 Å². The van der Waals surface area contributed by atoms with E-state index in [4.69, 9.17) is 23.1 Å². The van der Waals surface area contributed by atoms with Gasteiger partial charge in [0, 0.05) is 5.69 Å². The minimum absolute atomic E-state index is 0.0327. The first-order valence-electron chi connectivity index (χ1n) is 5.48. The molecular weight excluding hydrogens is 254 g/mol. The van der Waals surface area contributed by atoms with Crippen molar-refractivity contribution in [1.82, 2.24) is 0 Å². The van der Waals surface area contributed by atoms with Crippen molar-refractivity contribution in [2.24, 2.45) is 17.4 Å². The van der Waals surface area contributed by atoms with Crippen LogP contribution in [-0.2, 0) is 4.79 Å². The Balaban J connectivity index is 2.84. The summed E-state index contributed by atoms with van der Waals surface area (Å²) in [5.74, 6) is -0.880. The highest BCUT2D eigenvalue weighted by Crippen LogP contribution is 2.20. The van der Waals surface area contributed by atoms with E-state index in [9.17, 15) is 9.59 Å². The molecule has 0 aliphatic heterocycles. The van der Waals surface area contributed by atoms with Gasteiger partial charge in [0.2, 0.25) is 11.8 Å². The van der Waals surface area contributed by atoms with Gasteiger partial charge in [0.1, 0.15) is 0 Å². The highest BCUT2D eigenvalue weighted by Gasteiger charge is 2.17. The van der Waals surface area contributed by atoms with Crippen LogP contribution in [0.3, 0.4) is 0 Å². The van der Waals surface area contributed by atoms with Crippen molar-refractivity contribution in [2.75, 3.05) is 5.32 Å². The fourth-order valence-corrected chi connectivity index (χ4v) is 1.59. The fraction of sp³-hybridized carbons (Fsp3) is 0.333. The zero-order valence-electron chi connectivity index (χ0n) is 10.2. The zero-order chi connectivity index (χ0) is 13.9. The monoisotopic (exact) mass is 269 g/mol. The lowest BCUT2D eigenvalue weighted by Crippen LogP contribution is -2.39. The third kappa shape index (κ3) is 3.45. The number of carbonyl (C=O) groups is 2. The topological polar surface area (TPSA) is 98.2 Å². The summed E-state index contributed by atoms with van der Waals surface area (Å²) in [7, 11) is 0. The Hall–Kier alpha value is -1.59. The number of benzene rings is 1. The highest BCUT2D eigenvalue weighted by molar-refractivity contribution is 6.34. The molecule has 1 rings (SSSR count). The van der Waals surface area contributed by atoms with Crippen LogP contribution in [0, 0.1) is 5.92 Å². The Kier molecular flexibility index (Phi) is 4.69. The van der Waals surface area contributed by atoms with E-state index in [1.807, 2.05) is 13.8 Å². The van der Waals surface area contributed by atoms with Crippen molar-refractivity contribution >= 4 is 29.1 Å². The first-order valence-corrected chi connectivity index (χ1v) is 5.86. The van der Waals surface area contributed by atoms with Crippen molar-refractivity contribution in [3.63, 3.8) is 0 Å². The number of hydrogen-bond acceptors (Lipinski definition) is 3. The molecule has 5 nitrogen and oxygen atoms in total. The minimum atomic E-state index is -0.614. The summed E-state index contributed by atoms with van der Waals surface area (Å²) in [6.45, 7) is 3.71. The lowest BCUT2D eigenvalue weighted by atomic mass is 10.0. The molecule has 2 amide bonds. The average Bonchev–Trinajstić information content (AvgIpc) is 2.27. The molecule has 0 aliphatic carbocycles. The lowest BCUT2D eigenvalue weighted by Gasteiger charge is -2.15. The van der Waals surface area contributed by atoms with Crippen LogP contribution in [0.1, 0.15) is 24.2 Å². The van der Waals surface area contributed by atoms with Crippen LogP contribution in [-0.4, -0.2) is 17.9 Å². The number of rotatable bonds is 4. The second kappa shape index (κ2) is 5.84. The second-order valence-corrected chi connectivity index (χ2v) is 4.73. The van der Waals surface area contributed by atoms with Crippen molar-refractivity contribution < 1.29 is 9.59 Å². The van der Waals surface area contributed by atoms with Crippen LogP contribution in [0.4, 0.5) is 5.69 Å². The molecule has 6 heteroatoms. The van der Waals surface area contributed by atoms with E-state index in [1.54, 1.807) is 6.07 Å². The summed E-state index contributed by atoms with van der Waals surface area (Å²) >= 11 is 5.87. The number of halogens is 1. The first kappa shape index (κ1) is 14.5. The van der Waals surface area contributed by atoms with E-state index in [1.165, 1.54) is 12.1 Å². The van der Waals surface area contributed by atoms with Crippen molar-refractivity contribution in [3.05, 3.63) is 28.8 Å². The quantitative estimate of drug-likeness (QED) is 0.770. The molecule has 0 aromatic heterocycles. The maximum absolute atomic E-state index is 11.7. The van der Waals surface area contributed by atoms with E-state index < -0.39 is 11.9 Å². The van der Waals surface area contributed by atoms with E-state index in [0.717, 1.165) is 0 Å². The van der Waals surface area contributed by atoms with Gasteiger partial charge in [-0.25, -0.2) is 0 Å². The Bertz CT molecular complexity index is 474. The van der Waals surface area contributed by atoms with Gasteiger partial charge >= 0.3 is 0 Å². The maximum atomic E-state index is 11.7. The van der Waals surface area contributed by atoms with E-state index >= 15 is 0 Å². The Morgan fingerprint density at radius 3 is 2.39 bits per heavy atom. The van der Waals surface area contributed by atoms with Gasteiger partial charge in [0.25, 0.3) is 0 Å². The molecule has 0 radical (unpaired) electrons. The van der Waals surface area contributed by atoms with Crippen LogP contribution in [0.2, 0.25) is 5.02 Å². The standard InChI is InChI=1S/C12H16ClN3O2/c1-6(2)10(14)12(18)16-7-3-4-8(11(15)17)9(13)5-7/h3-6,10H,14H2,1-2H3,(H2,15,17)(H,16,18). The molecule has 0 saturated heterocycles. The number of anilines is 1. The number of primary amides is 1. The maximum Gasteiger partial charge on any atom is 0.250 e. The molecule has 5 N–H and O–H groups in total. The van der Waals surface area contributed by atoms with Crippen molar-refractivity contribution in [2.45, 2.75) is 19.9 Å². The number of amides is 2. The van der Waals surface area contributed by atoms with Crippen LogP contribution >= 0.6 is 11.6 Å². The SMILES string of the molecule is CC(C)C(N)C(=O)Nc1ccc(C(N)=O)c(Cl)c1. The summed E-state index contributed by atoms with van der Waals surface area (Å²) in [5.41, 5.74) is 11.5. The molecule has 0 heterocycles. The largest absolute Gasteiger partial charge is 0.366 e. The lowest BCUT2D eigenvalue weighted by molar-refractivity contribution is -0.118. The van der Waals surface area contributed by atoms with Gasteiger partial charge < -0.3 is 16.8 Å². The first-order chi connectivity index (χ1) is 8.32. The second-order valence-electron chi connectivity index (χ2n) is 4.32. The van der Waals surface area contributed by atoms with E-state index in [0.29, 0.717) is 5.69 Å². The highest BCUT2D eigenvalue weighted by atomic mass is 35.5. The Morgan fingerprint density at radius 2 is 1.94 bits per heavy atom. The minimum Gasteiger partial charge on any atom is -0.366 e. The molecule has 1 aromatic carbocycles. The summed E-state index contributed by atoms with van der Waals surface area (Å²) < 4.78 is 0. The molecule has 0 fully saturated rings. The average molecular weight is 270 g/mol. The van der Waals surface area contributed by atoms with E-state index in [2.05, 4.69) is 5.32 Å². The smallest absolute Gasteiger partial charge is 0.250 e. The van der Waals surface area contributed by atoms with Gasteiger partial charge in [-0.1, -0.05) is 25.4 Å². The Morgan fingerprint density at radius 1 is 1.33 bits per heavy atom. The van der Waals surface area contributed by atoms with Gasteiger partial charge in [0.15, 0.2) is 0 Å². The molecular formula is C12H16ClN3O2. The molecule has 0 saturated carbocycles. The molecule has 0 spiro atoms. The van der Waals surface area contributed by atoms with Gasteiger partial charge in [-0.05, 0) is 24.1 Å².